The van der Waals surface area contributed by atoms with Gasteiger partial charge in [-0.05, 0) is 19.4 Å². The Labute approximate surface area is 187 Å². The molecule has 1 saturated heterocycles. The lowest BCUT2D eigenvalue weighted by Crippen LogP contribution is -2.38. The van der Waals surface area contributed by atoms with Crippen LogP contribution in [0.1, 0.15) is 29.2 Å². The number of nitriles is 1. The number of benzene rings is 1. The van der Waals surface area contributed by atoms with E-state index in [1.54, 1.807) is 11.7 Å². The second kappa shape index (κ2) is 9.47. The number of nitrogens with zero attached hydrogens (tertiary/aromatic N) is 3. The SMILES string of the molecule is COc1ccccc1C1C(C#N)=C(N)Oc2cc(C)n(CCCN3CCOCC3)c(=O)c21. The number of rotatable bonds is 6. The molecule has 0 spiro atoms. The fourth-order valence-corrected chi connectivity index (χ4v) is 4.46. The normalized spacial score (nSPS) is 18.6. The molecule has 0 amide bonds. The summed E-state index contributed by atoms with van der Waals surface area (Å²) in [6.07, 6.45) is 0.836. The number of pyridine rings is 1. The fourth-order valence-electron chi connectivity index (χ4n) is 4.46. The highest BCUT2D eigenvalue weighted by atomic mass is 16.5. The maximum atomic E-state index is 13.7. The van der Waals surface area contributed by atoms with Crippen molar-refractivity contribution in [2.75, 3.05) is 40.0 Å². The quantitative estimate of drug-likeness (QED) is 0.740. The number of nitrogens with two attached hydrogens (primary N) is 1. The van der Waals surface area contributed by atoms with Crippen molar-refractivity contribution in [1.82, 2.24) is 9.47 Å². The van der Waals surface area contributed by atoms with E-state index in [1.807, 2.05) is 37.3 Å². The highest BCUT2D eigenvalue weighted by Gasteiger charge is 2.35. The standard InChI is InChI=1S/C24H28N4O4/c1-16-14-20-22(24(29)28(16)9-5-8-27-10-12-31-13-11-27)21(18(15-25)23(26)32-20)17-6-3-4-7-19(17)30-2/h3-4,6-7,14,21H,5,8-13,26H2,1-2H3. The van der Waals surface area contributed by atoms with Gasteiger partial charge in [-0.15, -0.1) is 0 Å². The molecule has 0 saturated carbocycles. The van der Waals surface area contributed by atoms with Gasteiger partial charge in [0.2, 0.25) is 5.88 Å². The first-order chi connectivity index (χ1) is 15.5. The Hall–Kier alpha value is -3.28. The van der Waals surface area contributed by atoms with E-state index in [1.165, 1.54) is 0 Å². The zero-order chi connectivity index (χ0) is 22.7. The highest BCUT2D eigenvalue weighted by molar-refractivity contribution is 5.58. The van der Waals surface area contributed by atoms with Crippen LogP contribution in [0.4, 0.5) is 0 Å². The second-order valence-corrected chi connectivity index (χ2v) is 7.99. The molecule has 1 atom stereocenters. The number of fused-ring (bicyclic) bond motifs is 1. The molecule has 0 aliphatic carbocycles. The van der Waals surface area contributed by atoms with Gasteiger partial charge < -0.3 is 24.5 Å². The van der Waals surface area contributed by atoms with E-state index >= 15 is 0 Å². The maximum Gasteiger partial charge on any atom is 0.258 e. The summed E-state index contributed by atoms with van der Waals surface area (Å²) in [5.41, 5.74) is 8.05. The van der Waals surface area contributed by atoms with Crippen LogP contribution in [0.15, 0.2) is 46.6 Å². The van der Waals surface area contributed by atoms with Gasteiger partial charge >= 0.3 is 0 Å². The van der Waals surface area contributed by atoms with Crippen molar-refractivity contribution >= 4 is 0 Å². The van der Waals surface area contributed by atoms with Crippen LogP contribution in [0.5, 0.6) is 11.5 Å². The maximum absolute atomic E-state index is 13.7. The number of ether oxygens (including phenoxy) is 3. The van der Waals surface area contributed by atoms with Crippen molar-refractivity contribution < 1.29 is 14.2 Å². The first-order valence-electron chi connectivity index (χ1n) is 10.8. The zero-order valence-corrected chi connectivity index (χ0v) is 18.5. The molecular formula is C24H28N4O4. The molecule has 3 heterocycles. The number of aryl methyl sites for hydroxylation is 1. The van der Waals surface area contributed by atoms with Crippen molar-refractivity contribution in [2.45, 2.75) is 25.8 Å². The van der Waals surface area contributed by atoms with Crippen molar-refractivity contribution in [3.63, 3.8) is 0 Å². The van der Waals surface area contributed by atoms with Crippen molar-refractivity contribution in [3.05, 3.63) is 69.0 Å². The Kier molecular flexibility index (Phi) is 6.49. The molecule has 2 aromatic rings. The molecule has 2 N–H and O–H groups in total. The molecule has 4 rings (SSSR count). The minimum absolute atomic E-state index is 0.0137. The summed E-state index contributed by atoms with van der Waals surface area (Å²) in [5, 5.41) is 9.85. The largest absolute Gasteiger partial charge is 0.496 e. The molecule has 1 unspecified atom stereocenters. The van der Waals surface area contributed by atoms with E-state index in [0.717, 1.165) is 45.0 Å². The summed E-state index contributed by atoms with van der Waals surface area (Å²) in [7, 11) is 1.57. The third kappa shape index (κ3) is 4.09. The molecule has 2 aliphatic rings. The van der Waals surface area contributed by atoms with Gasteiger partial charge in [0.15, 0.2) is 0 Å². The van der Waals surface area contributed by atoms with E-state index in [2.05, 4.69) is 11.0 Å². The third-order valence-electron chi connectivity index (χ3n) is 6.10. The van der Waals surface area contributed by atoms with Crippen molar-refractivity contribution in [1.29, 1.82) is 5.26 Å². The summed E-state index contributed by atoms with van der Waals surface area (Å²) in [6.45, 7) is 6.69. The van der Waals surface area contributed by atoms with Crippen LogP contribution in [0.2, 0.25) is 0 Å². The van der Waals surface area contributed by atoms with Gasteiger partial charge in [-0.3, -0.25) is 9.69 Å². The number of methoxy groups -OCH3 is 1. The van der Waals surface area contributed by atoms with Crippen LogP contribution in [0, 0.1) is 18.3 Å². The van der Waals surface area contributed by atoms with Gasteiger partial charge in [-0.1, -0.05) is 18.2 Å². The van der Waals surface area contributed by atoms with Crippen molar-refractivity contribution in [2.24, 2.45) is 5.73 Å². The second-order valence-electron chi connectivity index (χ2n) is 7.99. The van der Waals surface area contributed by atoms with E-state index in [9.17, 15) is 10.1 Å². The Morgan fingerprint density at radius 2 is 2.00 bits per heavy atom. The summed E-state index contributed by atoms with van der Waals surface area (Å²) < 4.78 is 18.4. The Bertz CT molecular complexity index is 1130. The van der Waals surface area contributed by atoms with E-state index in [0.29, 0.717) is 29.2 Å². The smallest absolute Gasteiger partial charge is 0.258 e. The Balaban J connectivity index is 1.73. The number of allylic oxidation sites excluding steroid dienone is 1. The van der Waals surface area contributed by atoms with Gasteiger partial charge in [0, 0.05) is 43.5 Å². The van der Waals surface area contributed by atoms with Gasteiger partial charge in [0.25, 0.3) is 5.56 Å². The number of hydrogen-bond acceptors (Lipinski definition) is 7. The first kappa shape index (κ1) is 21.9. The molecule has 2 aliphatic heterocycles. The summed E-state index contributed by atoms with van der Waals surface area (Å²) in [6, 6.07) is 11.3. The summed E-state index contributed by atoms with van der Waals surface area (Å²) in [5.74, 6) is 0.340. The van der Waals surface area contributed by atoms with Crippen LogP contribution < -0.4 is 20.8 Å². The lowest BCUT2D eigenvalue weighted by molar-refractivity contribution is 0.0369. The van der Waals surface area contributed by atoms with Gasteiger partial charge in [-0.25, -0.2) is 0 Å². The average molecular weight is 437 g/mol. The van der Waals surface area contributed by atoms with Gasteiger partial charge in [-0.2, -0.15) is 5.26 Å². The number of hydrogen-bond donors (Lipinski definition) is 1. The summed E-state index contributed by atoms with van der Waals surface area (Å²) in [4.78, 5) is 16.1. The highest BCUT2D eigenvalue weighted by Crippen LogP contribution is 2.43. The van der Waals surface area contributed by atoms with Gasteiger partial charge in [0.05, 0.1) is 31.8 Å². The minimum atomic E-state index is -0.654. The molecule has 32 heavy (non-hydrogen) atoms. The molecule has 8 heteroatoms. The fraction of sp³-hybridized carbons (Fsp3) is 0.417. The minimum Gasteiger partial charge on any atom is -0.496 e. The lowest BCUT2D eigenvalue weighted by atomic mass is 9.83. The molecule has 1 fully saturated rings. The van der Waals surface area contributed by atoms with E-state index in [4.69, 9.17) is 19.9 Å². The van der Waals surface area contributed by atoms with E-state index in [-0.39, 0.29) is 17.0 Å². The average Bonchev–Trinajstić information content (AvgIpc) is 2.81. The Morgan fingerprint density at radius 1 is 1.25 bits per heavy atom. The van der Waals surface area contributed by atoms with E-state index < -0.39 is 5.92 Å². The number of aromatic nitrogens is 1. The molecule has 0 bridgehead atoms. The van der Waals surface area contributed by atoms with Gasteiger partial charge in [0.1, 0.15) is 23.1 Å². The summed E-state index contributed by atoms with van der Waals surface area (Å²) >= 11 is 0. The molecule has 0 radical (unpaired) electrons. The third-order valence-corrected chi connectivity index (χ3v) is 6.10. The number of para-hydroxylation sites is 1. The monoisotopic (exact) mass is 436 g/mol. The van der Waals surface area contributed by atoms with Crippen LogP contribution in [0.3, 0.4) is 0 Å². The van der Waals surface area contributed by atoms with Crippen LogP contribution in [0.25, 0.3) is 0 Å². The topological polar surface area (TPSA) is 103 Å². The molecular weight excluding hydrogens is 408 g/mol. The molecule has 8 nitrogen and oxygen atoms in total. The van der Waals surface area contributed by atoms with Crippen molar-refractivity contribution in [3.8, 4) is 17.6 Å². The van der Waals surface area contributed by atoms with Crippen LogP contribution >= 0.6 is 0 Å². The molecule has 168 valence electrons. The van der Waals surface area contributed by atoms with Crippen LogP contribution in [-0.4, -0.2) is 49.4 Å². The molecule has 1 aromatic carbocycles. The lowest BCUT2D eigenvalue weighted by Gasteiger charge is -2.29. The van der Waals surface area contributed by atoms with Crippen LogP contribution in [-0.2, 0) is 11.3 Å². The predicted molar refractivity (Wildman–Crippen MR) is 120 cm³/mol. The number of morpholine rings is 1. The zero-order valence-electron chi connectivity index (χ0n) is 18.5. The molecule has 1 aromatic heterocycles. The predicted octanol–water partition coefficient (Wildman–Crippen LogP) is 2.11. The Morgan fingerprint density at radius 3 is 2.72 bits per heavy atom. The first-order valence-corrected chi connectivity index (χ1v) is 10.8.